The molecule has 0 aliphatic carbocycles. The second-order valence-electron chi connectivity index (χ2n) is 2.78. The predicted molar refractivity (Wildman–Crippen MR) is 57.0 cm³/mol. The molecule has 0 amide bonds. The molecule has 15 heavy (non-hydrogen) atoms. The number of hydrogen-bond acceptors (Lipinski definition) is 6. The van der Waals surface area contributed by atoms with Crippen molar-refractivity contribution in [1.29, 1.82) is 0 Å². The van der Waals surface area contributed by atoms with Gasteiger partial charge in [0.25, 0.3) is 5.19 Å². The molecule has 0 aliphatic heterocycles. The maximum absolute atomic E-state index is 5.46. The van der Waals surface area contributed by atoms with Gasteiger partial charge in [-0.15, -0.1) is 5.10 Å². The van der Waals surface area contributed by atoms with Crippen LogP contribution in [-0.2, 0) is 6.54 Å². The molecule has 5 nitrogen and oxygen atoms in total. The standard InChI is InChI=1S/C9H10N4OS/c1-10-6-8-12-13-9(15-8)14-7-3-2-4-11-5-7/h2-5,10H,6H2,1H3. The van der Waals surface area contributed by atoms with Gasteiger partial charge < -0.3 is 10.1 Å². The van der Waals surface area contributed by atoms with Gasteiger partial charge in [-0.25, -0.2) is 0 Å². The molecular weight excluding hydrogens is 212 g/mol. The summed E-state index contributed by atoms with van der Waals surface area (Å²) in [5, 5.41) is 12.3. The van der Waals surface area contributed by atoms with E-state index in [1.165, 1.54) is 11.3 Å². The summed E-state index contributed by atoms with van der Waals surface area (Å²) >= 11 is 1.42. The largest absolute Gasteiger partial charge is 0.428 e. The topological polar surface area (TPSA) is 59.9 Å². The lowest BCUT2D eigenvalue weighted by atomic mass is 10.5. The molecule has 0 unspecified atom stereocenters. The van der Waals surface area contributed by atoms with Crippen molar-refractivity contribution in [3.8, 4) is 10.9 Å². The highest BCUT2D eigenvalue weighted by molar-refractivity contribution is 7.13. The summed E-state index contributed by atoms with van der Waals surface area (Å²) < 4.78 is 5.46. The molecule has 2 rings (SSSR count). The molecule has 1 N–H and O–H groups in total. The van der Waals surface area contributed by atoms with Gasteiger partial charge in [-0.1, -0.05) is 16.4 Å². The Morgan fingerprint density at radius 3 is 3.13 bits per heavy atom. The number of nitrogens with one attached hydrogen (secondary N) is 1. The van der Waals surface area contributed by atoms with Gasteiger partial charge >= 0.3 is 0 Å². The third kappa shape index (κ3) is 2.71. The smallest absolute Gasteiger partial charge is 0.299 e. The Labute approximate surface area is 91.1 Å². The molecule has 0 saturated heterocycles. The SMILES string of the molecule is CNCc1nnc(Oc2cccnc2)s1. The minimum atomic E-state index is 0.535. The van der Waals surface area contributed by atoms with Gasteiger partial charge in [-0.2, -0.15) is 0 Å². The lowest BCUT2D eigenvalue weighted by molar-refractivity contribution is 0.471. The van der Waals surface area contributed by atoms with E-state index in [1.54, 1.807) is 12.4 Å². The van der Waals surface area contributed by atoms with Crippen LogP contribution in [0.1, 0.15) is 5.01 Å². The van der Waals surface area contributed by atoms with Crippen LogP contribution in [0.5, 0.6) is 10.9 Å². The molecule has 78 valence electrons. The highest BCUT2D eigenvalue weighted by Crippen LogP contribution is 2.23. The van der Waals surface area contributed by atoms with Crippen molar-refractivity contribution in [2.75, 3.05) is 7.05 Å². The summed E-state index contributed by atoms with van der Waals surface area (Å²) in [6.07, 6.45) is 3.33. The summed E-state index contributed by atoms with van der Waals surface area (Å²) in [5.41, 5.74) is 0. The van der Waals surface area contributed by atoms with Crippen LogP contribution < -0.4 is 10.1 Å². The van der Waals surface area contributed by atoms with E-state index in [9.17, 15) is 0 Å². The Bertz CT molecular complexity index is 417. The van der Waals surface area contributed by atoms with E-state index >= 15 is 0 Å². The molecule has 2 aromatic rings. The molecule has 0 aliphatic rings. The van der Waals surface area contributed by atoms with Crippen molar-refractivity contribution >= 4 is 11.3 Å². The van der Waals surface area contributed by atoms with Crippen molar-refractivity contribution < 1.29 is 4.74 Å². The van der Waals surface area contributed by atoms with Crippen molar-refractivity contribution in [1.82, 2.24) is 20.5 Å². The Morgan fingerprint density at radius 2 is 2.40 bits per heavy atom. The Kier molecular flexibility index (Phi) is 3.21. The average molecular weight is 222 g/mol. The first kappa shape index (κ1) is 10.0. The molecule has 2 heterocycles. The Hall–Kier alpha value is -1.53. The maximum atomic E-state index is 5.46. The van der Waals surface area contributed by atoms with Crippen LogP contribution in [0.3, 0.4) is 0 Å². The molecule has 2 aromatic heterocycles. The average Bonchev–Trinajstić information content (AvgIpc) is 2.68. The van der Waals surface area contributed by atoms with E-state index in [1.807, 2.05) is 19.2 Å². The first-order valence-corrected chi connectivity index (χ1v) is 5.25. The molecule has 0 atom stereocenters. The zero-order valence-corrected chi connectivity index (χ0v) is 8.99. The van der Waals surface area contributed by atoms with Crippen molar-refractivity contribution in [2.24, 2.45) is 0 Å². The van der Waals surface area contributed by atoms with E-state index in [0.717, 1.165) is 5.01 Å². The molecule has 0 saturated carbocycles. The number of rotatable bonds is 4. The van der Waals surface area contributed by atoms with Crippen LogP contribution in [0.4, 0.5) is 0 Å². The Balaban J connectivity index is 2.05. The maximum Gasteiger partial charge on any atom is 0.299 e. The van der Waals surface area contributed by atoms with Gasteiger partial charge in [-0.3, -0.25) is 4.98 Å². The van der Waals surface area contributed by atoms with Crippen LogP contribution in [0.2, 0.25) is 0 Å². The second-order valence-corrected chi connectivity index (χ2v) is 3.81. The molecule has 0 fully saturated rings. The van der Waals surface area contributed by atoms with E-state index in [4.69, 9.17) is 4.74 Å². The van der Waals surface area contributed by atoms with Crippen LogP contribution >= 0.6 is 11.3 Å². The lowest BCUT2D eigenvalue weighted by Crippen LogP contribution is -2.04. The van der Waals surface area contributed by atoms with E-state index < -0.39 is 0 Å². The fraction of sp³-hybridized carbons (Fsp3) is 0.222. The highest BCUT2D eigenvalue weighted by atomic mass is 32.1. The molecule has 0 radical (unpaired) electrons. The lowest BCUT2D eigenvalue weighted by Gasteiger charge is -1.97. The first-order valence-electron chi connectivity index (χ1n) is 4.43. The van der Waals surface area contributed by atoms with Crippen molar-refractivity contribution in [3.05, 3.63) is 29.5 Å². The van der Waals surface area contributed by atoms with Crippen molar-refractivity contribution in [3.63, 3.8) is 0 Å². The number of aromatic nitrogens is 3. The van der Waals surface area contributed by atoms with Gasteiger partial charge in [0, 0.05) is 12.7 Å². The minimum Gasteiger partial charge on any atom is -0.428 e. The monoisotopic (exact) mass is 222 g/mol. The van der Waals surface area contributed by atoms with E-state index in [0.29, 0.717) is 17.5 Å². The highest BCUT2D eigenvalue weighted by Gasteiger charge is 2.04. The number of nitrogens with zero attached hydrogens (tertiary/aromatic N) is 3. The van der Waals surface area contributed by atoms with Gasteiger partial charge in [0.15, 0.2) is 0 Å². The first-order chi connectivity index (χ1) is 7.38. The van der Waals surface area contributed by atoms with Crippen LogP contribution in [0.25, 0.3) is 0 Å². The summed E-state index contributed by atoms with van der Waals surface area (Å²) in [7, 11) is 1.86. The third-order valence-electron chi connectivity index (χ3n) is 1.62. The van der Waals surface area contributed by atoms with E-state index in [-0.39, 0.29) is 0 Å². The van der Waals surface area contributed by atoms with Crippen LogP contribution in [-0.4, -0.2) is 22.2 Å². The van der Waals surface area contributed by atoms with E-state index in [2.05, 4.69) is 20.5 Å². The molecule has 0 spiro atoms. The normalized spacial score (nSPS) is 10.2. The van der Waals surface area contributed by atoms with Gasteiger partial charge in [0.2, 0.25) is 0 Å². The summed E-state index contributed by atoms with van der Waals surface area (Å²) in [6.45, 7) is 0.702. The Morgan fingerprint density at radius 1 is 1.47 bits per heavy atom. The fourth-order valence-electron chi connectivity index (χ4n) is 1.01. The van der Waals surface area contributed by atoms with Crippen LogP contribution in [0.15, 0.2) is 24.5 Å². The summed E-state index contributed by atoms with van der Waals surface area (Å²) in [4.78, 5) is 3.94. The second kappa shape index (κ2) is 4.81. The van der Waals surface area contributed by atoms with Crippen molar-refractivity contribution in [2.45, 2.75) is 6.54 Å². The predicted octanol–water partition coefficient (Wildman–Crippen LogP) is 1.44. The number of hydrogen-bond donors (Lipinski definition) is 1. The number of ether oxygens (including phenoxy) is 1. The van der Waals surface area contributed by atoms with Crippen LogP contribution in [0, 0.1) is 0 Å². The van der Waals surface area contributed by atoms with Gasteiger partial charge in [0.05, 0.1) is 6.20 Å². The minimum absolute atomic E-state index is 0.535. The van der Waals surface area contributed by atoms with Gasteiger partial charge in [0.1, 0.15) is 10.8 Å². The molecule has 6 heteroatoms. The molecule has 0 aromatic carbocycles. The zero-order valence-electron chi connectivity index (χ0n) is 8.17. The number of pyridine rings is 1. The molecule has 0 bridgehead atoms. The third-order valence-corrected chi connectivity index (χ3v) is 2.42. The summed E-state index contributed by atoms with van der Waals surface area (Å²) in [5.74, 6) is 0.671. The summed E-state index contributed by atoms with van der Waals surface area (Å²) in [6, 6.07) is 3.64. The fourth-order valence-corrected chi connectivity index (χ4v) is 1.73. The zero-order chi connectivity index (χ0) is 10.5. The van der Waals surface area contributed by atoms with Gasteiger partial charge in [-0.05, 0) is 19.2 Å². The quantitative estimate of drug-likeness (QED) is 0.848. The molecular formula is C9H10N4OS.